The van der Waals surface area contributed by atoms with E-state index in [1.54, 1.807) is 12.1 Å². The number of anilines is 1. The first kappa shape index (κ1) is 18.2. The molecule has 3 aromatic rings. The lowest BCUT2D eigenvalue weighted by molar-refractivity contribution is 0.102. The fourth-order valence-electron chi connectivity index (χ4n) is 3.73. The Morgan fingerprint density at radius 1 is 1.21 bits per heavy atom. The van der Waals surface area contributed by atoms with Crippen LogP contribution in [0, 0.1) is 0 Å². The highest BCUT2D eigenvalue weighted by molar-refractivity contribution is 7.89. The van der Waals surface area contributed by atoms with Crippen LogP contribution in [-0.2, 0) is 16.4 Å². The highest BCUT2D eigenvalue weighted by atomic mass is 32.2. The van der Waals surface area contributed by atoms with E-state index in [4.69, 9.17) is 5.14 Å². The Bertz CT molecular complexity index is 1310. The predicted molar refractivity (Wildman–Crippen MR) is 104 cm³/mol. The maximum Gasteiger partial charge on any atom is 0.268 e. The van der Waals surface area contributed by atoms with Crippen molar-refractivity contribution in [2.24, 2.45) is 5.14 Å². The molecule has 0 fully saturated rings. The molecule has 1 aromatic heterocycles. The van der Waals surface area contributed by atoms with E-state index in [0.29, 0.717) is 17.3 Å². The highest BCUT2D eigenvalue weighted by Gasteiger charge is 2.29. The van der Waals surface area contributed by atoms with E-state index in [1.165, 1.54) is 28.8 Å². The molecule has 0 saturated carbocycles. The molecule has 1 amide bonds. The Morgan fingerprint density at radius 2 is 1.93 bits per heavy atom. The Kier molecular flexibility index (Phi) is 4.02. The first-order valence-electron chi connectivity index (χ1n) is 8.52. The topological polar surface area (TPSA) is 131 Å². The highest BCUT2D eigenvalue weighted by Crippen LogP contribution is 2.36. The fourth-order valence-corrected chi connectivity index (χ4v) is 4.42. The van der Waals surface area contributed by atoms with Crippen LogP contribution >= 0.6 is 0 Å². The normalized spacial score (nSPS) is 15.7. The monoisotopic (exact) mass is 399 g/mol. The summed E-state index contributed by atoms with van der Waals surface area (Å²) in [4.78, 5) is 25.6. The first-order chi connectivity index (χ1) is 13.2. The number of hydrogen-bond donors (Lipinski definition) is 3. The van der Waals surface area contributed by atoms with Crippen LogP contribution in [0.15, 0.2) is 52.2 Å². The molecule has 1 aliphatic heterocycles. The minimum Gasteiger partial charge on any atom is -0.506 e. The van der Waals surface area contributed by atoms with E-state index >= 15 is 0 Å². The first-order valence-corrected chi connectivity index (χ1v) is 10.1. The Balaban J connectivity index is 1.89. The van der Waals surface area contributed by atoms with E-state index in [0.717, 1.165) is 5.56 Å². The quantitative estimate of drug-likeness (QED) is 0.617. The van der Waals surface area contributed by atoms with Gasteiger partial charge >= 0.3 is 0 Å². The van der Waals surface area contributed by atoms with Gasteiger partial charge in [-0.15, -0.1) is 0 Å². The number of carbonyl (C=O) groups excluding carboxylic acids is 1. The number of pyridine rings is 1. The van der Waals surface area contributed by atoms with Gasteiger partial charge in [0.05, 0.1) is 11.2 Å². The number of primary sulfonamides is 1. The van der Waals surface area contributed by atoms with Crippen molar-refractivity contribution in [2.45, 2.75) is 24.3 Å². The number of hydrogen-bond acceptors (Lipinski definition) is 5. The second-order valence-electron chi connectivity index (χ2n) is 6.76. The van der Waals surface area contributed by atoms with Gasteiger partial charge in [0.1, 0.15) is 16.2 Å². The fraction of sp³-hybridized carbons (Fsp3) is 0.158. The molecule has 4 N–H and O–H groups in total. The van der Waals surface area contributed by atoms with Crippen molar-refractivity contribution in [3.8, 4) is 5.75 Å². The number of benzene rings is 2. The summed E-state index contributed by atoms with van der Waals surface area (Å²) in [6.45, 7) is 1.86. The van der Waals surface area contributed by atoms with Crippen molar-refractivity contribution in [3.05, 3.63) is 63.9 Å². The largest absolute Gasteiger partial charge is 0.506 e. The third-order valence-electron chi connectivity index (χ3n) is 4.91. The maximum atomic E-state index is 13.0. The van der Waals surface area contributed by atoms with Crippen molar-refractivity contribution in [1.82, 2.24) is 4.57 Å². The number of nitrogens with zero attached hydrogens (tertiary/aromatic N) is 1. The van der Waals surface area contributed by atoms with Crippen LogP contribution < -0.4 is 16.0 Å². The zero-order valence-corrected chi connectivity index (χ0v) is 15.7. The van der Waals surface area contributed by atoms with Crippen LogP contribution in [0.25, 0.3) is 10.9 Å². The third-order valence-corrected chi connectivity index (χ3v) is 5.88. The molecular formula is C19H17N3O5S. The molecular weight excluding hydrogens is 382 g/mol. The van der Waals surface area contributed by atoms with Crippen molar-refractivity contribution in [2.75, 3.05) is 5.32 Å². The summed E-state index contributed by atoms with van der Waals surface area (Å²) >= 11 is 0. The number of rotatable bonds is 3. The molecule has 2 heterocycles. The van der Waals surface area contributed by atoms with Crippen molar-refractivity contribution < 1.29 is 18.3 Å². The molecule has 2 aromatic carbocycles. The van der Waals surface area contributed by atoms with Crippen molar-refractivity contribution in [1.29, 1.82) is 0 Å². The van der Waals surface area contributed by atoms with Crippen LogP contribution in [0.5, 0.6) is 5.75 Å². The molecule has 1 atom stereocenters. The minimum atomic E-state index is -4.09. The molecule has 9 heteroatoms. The molecule has 8 nitrogen and oxygen atoms in total. The van der Waals surface area contributed by atoms with Gasteiger partial charge in [0.2, 0.25) is 10.0 Å². The molecule has 0 saturated heterocycles. The second kappa shape index (κ2) is 6.18. The zero-order chi connectivity index (χ0) is 20.2. The minimum absolute atomic E-state index is 0.0721. The Hall–Kier alpha value is -3.17. The lowest BCUT2D eigenvalue weighted by Gasteiger charge is -2.15. The number of nitrogens with one attached hydrogen (secondary N) is 1. The van der Waals surface area contributed by atoms with Crippen LogP contribution in [0.2, 0.25) is 0 Å². The van der Waals surface area contributed by atoms with Crippen LogP contribution in [-0.4, -0.2) is 24.0 Å². The molecule has 0 radical (unpaired) electrons. The molecule has 144 valence electrons. The van der Waals surface area contributed by atoms with Gasteiger partial charge in [0.15, 0.2) is 0 Å². The summed E-state index contributed by atoms with van der Waals surface area (Å²) in [6, 6.07) is 10.7. The van der Waals surface area contributed by atoms with Crippen LogP contribution in [0.3, 0.4) is 0 Å². The lowest BCUT2D eigenvalue weighted by atomic mass is 10.1. The van der Waals surface area contributed by atoms with Gasteiger partial charge < -0.3 is 15.0 Å². The summed E-state index contributed by atoms with van der Waals surface area (Å²) in [5.74, 6) is -1.34. The molecule has 28 heavy (non-hydrogen) atoms. The van der Waals surface area contributed by atoms with E-state index in [-0.39, 0.29) is 16.6 Å². The molecule has 0 bridgehead atoms. The maximum absolute atomic E-state index is 13.0. The molecule has 0 spiro atoms. The zero-order valence-electron chi connectivity index (χ0n) is 14.8. The van der Waals surface area contributed by atoms with E-state index < -0.39 is 32.8 Å². The van der Waals surface area contributed by atoms with Gasteiger partial charge in [-0.25, -0.2) is 13.6 Å². The molecule has 4 rings (SSSR count). The van der Waals surface area contributed by atoms with Gasteiger partial charge in [0, 0.05) is 11.4 Å². The molecule has 1 aliphatic rings. The summed E-state index contributed by atoms with van der Waals surface area (Å²) in [5.41, 5.74) is 0.385. The number of amides is 1. The number of nitrogens with two attached hydrogens (primary N) is 1. The van der Waals surface area contributed by atoms with Gasteiger partial charge in [0.25, 0.3) is 11.5 Å². The van der Waals surface area contributed by atoms with Gasteiger partial charge in [-0.05, 0) is 37.1 Å². The number of para-hydroxylation sites is 2. The van der Waals surface area contributed by atoms with E-state index in [1.807, 2.05) is 13.0 Å². The van der Waals surface area contributed by atoms with Crippen molar-refractivity contribution >= 4 is 32.5 Å². The van der Waals surface area contributed by atoms with Crippen LogP contribution in [0.1, 0.15) is 28.9 Å². The van der Waals surface area contributed by atoms with Crippen LogP contribution in [0.4, 0.5) is 5.69 Å². The number of sulfonamides is 1. The number of aromatic nitrogens is 1. The summed E-state index contributed by atoms with van der Waals surface area (Å²) in [5, 5.41) is 18.6. The standard InChI is InChI=1S/C19H17N3O5S/c1-10-9-11-5-4-6-12-16(11)22(10)19(25)15(17(12)23)18(24)21-13-7-2-3-8-14(13)28(20,26)27/h2-8,10,23H,9H2,1H3,(H,21,24)(H2,20,26,27)/t10-/m1/s1. The Morgan fingerprint density at radius 3 is 2.64 bits per heavy atom. The van der Waals surface area contributed by atoms with E-state index in [9.17, 15) is 23.1 Å². The summed E-state index contributed by atoms with van der Waals surface area (Å²) in [7, 11) is -4.09. The van der Waals surface area contributed by atoms with Gasteiger partial charge in [-0.1, -0.05) is 24.3 Å². The molecule has 0 aliphatic carbocycles. The molecule has 0 unspecified atom stereocenters. The SMILES string of the molecule is C[C@@H]1Cc2cccc3c(O)c(C(=O)Nc4ccccc4S(N)(=O)=O)c(=O)n1c23. The second-order valence-corrected chi connectivity index (χ2v) is 8.29. The summed E-state index contributed by atoms with van der Waals surface area (Å²) < 4.78 is 25.0. The van der Waals surface area contributed by atoms with Crippen molar-refractivity contribution in [3.63, 3.8) is 0 Å². The smallest absolute Gasteiger partial charge is 0.268 e. The number of aromatic hydroxyl groups is 1. The Labute approximate surface area is 160 Å². The summed E-state index contributed by atoms with van der Waals surface area (Å²) in [6.07, 6.45) is 0.616. The van der Waals surface area contributed by atoms with Gasteiger partial charge in [-0.3, -0.25) is 9.59 Å². The van der Waals surface area contributed by atoms with Gasteiger partial charge in [-0.2, -0.15) is 0 Å². The van der Waals surface area contributed by atoms with E-state index in [2.05, 4.69) is 5.32 Å². The average molecular weight is 399 g/mol. The number of carbonyl (C=O) groups is 1. The lowest BCUT2D eigenvalue weighted by Crippen LogP contribution is -2.30. The third kappa shape index (κ3) is 2.67. The average Bonchev–Trinajstić information content (AvgIpc) is 2.96. The predicted octanol–water partition coefficient (Wildman–Crippen LogP) is 1.72.